The minimum atomic E-state index is -6.35. The number of fused-ring (bicyclic) bond motifs is 2. The molecule has 1 aromatic carbocycles. The molecule has 0 amide bonds. The highest BCUT2D eigenvalue weighted by Crippen LogP contribution is 2.54. The van der Waals surface area contributed by atoms with Crippen LogP contribution in [0.5, 0.6) is 0 Å². The van der Waals surface area contributed by atoms with Crippen molar-refractivity contribution in [2.75, 3.05) is 5.32 Å². The molecule has 0 unspecified atom stereocenters. The Bertz CT molecular complexity index is 767. The summed E-state index contributed by atoms with van der Waals surface area (Å²) in [6, 6.07) is 4.82. The average molecular weight is 475 g/mol. The van der Waals surface area contributed by atoms with Crippen LogP contribution in [-0.4, -0.2) is 28.5 Å². The number of rotatable bonds is 6. The summed E-state index contributed by atoms with van der Waals surface area (Å²) in [6.45, 7) is 2.06. The van der Waals surface area contributed by atoms with Gasteiger partial charge in [-0.05, 0) is 92.2 Å². The molecule has 2 bridgehead atoms. The van der Waals surface area contributed by atoms with Crippen molar-refractivity contribution in [2.24, 2.45) is 17.8 Å². The third-order valence-electron chi connectivity index (χ3n) is 5.87. The van der Waals surface area contributed by atoms with Crippen LogP contribution in [0.1, 0.15) is 32.6 Å². The van der Waals surface area contributed by atoms with Gasteiger partial charge in [0.2, 0.25) is 0 Å². The number of hydrogen-bond donors (Lipinski definition) is 2. The van der Waals surface area contributed by atoms with Gasteiger partial charge in [-0.15, -0.1) is 0 Å². The topological polar surface area (TPSA) is 24.1 Å². The fourth-order valence-corrected chi connectivity index (χ4v) is 5.49. The molecule has 2 aliphatic rings. The Hall–Kier alpha value is -1.23. The number of thiocarbonyl (C=S) groups is 1. The number of halogens is 7. The fourth-order valence-electron chi connectivity index (χ4n) is 4.37. The van der Waals surface area contributed by atoms with Gasteiger partial charge >= 0.3 is 17.4 Å². The molecule has 0 aliphatic heterocycles. The number of thioether (sulfide) groups is 1. The van der Waals surface area contributed by atoms with Gasteiger partial charge in [0.05, 0.1) is 0 Å². The van der Waals surface area contributed by atoms with Gasteiger partial charge in [-0.3, -0.25) is 0 Å². The Balaban J connectivity index is 1.54. The average Bonchev–Trinajstić information content (AvgIpc) is 3.25. The van der Waals surface area contributed by atoms with Crippen molar-refractivity contribution in [3.63, 3.8) is 0 Å². The maximum absolute atomic E-state index is 13.5. The lowest BCUT2D eigenvalue weighted by molar-refractivity contribution is -0.330. The van der Waals surface area contributed by atoms with E-state index in [0.29, 0.717) is 22.6 Å². The summed E-state index contributed by atoms with van der Waals surface area (Å²) in [5, 5.41) is 1.09. The second kappa shape index (κ2) is 8.37. The first kappa shape index (κ1) is 23.4. The van der Waals surface area contributed by atoms with Crippen LogP contribution in [0, 0.1) is 17.8 Å². The Morgan fingerprint density at radius 1 is 1.03 bits per heavy atom. The van der Waals surface area contributed by atoms with E-state index >= 15 is 0 Å². The first-order chi connectivity index (χ1) is 13.8. The standard InChI is InChI=1S/C19H21F7N2S2/c1-10(15-9-11-2-3-12(15)8-11)27-16(29)28-13-4-6-14(7-5-13)30-19(25,26)17(20,21)18(22,23)24/h4-7,10-12,15H,2-3,8-9H2,1H3,(H2,27,28,29)/t10-,11-,12-,15+/m0/s1. The van der Waals surface area contributed by atoms with E-state index in [2.05, 4.69) is 17.6 Å². The molecule has 3 rings (SSSR count). The van der Waals surface area contributed by atoms with Gasteiger partial charge in [0.25, 0.3) is 0 Å². The Morgan fingerprint density at radius 2 is 1.67 bits per heavy atom. The molecule has 0 saturated heterocycles. The van der Waals surface area contributed by atoms with Crippen LogP contribution in [0.25, 0.3) is 0 Å². The lowest BCUT2D eigenvalue weighted by Crippen LogP contribution is -2.49. The van der Waals surface area contributed by atoms with Crippen molar-refractivity contribution in [1.82, 2.24) is 5.32 Å². The van der Waals surface area contributed by atoms with E-state index in [4.69, 9.17) is 12.2 Å². The number of nitrogens with one attached hydrogen (secondary N) is 2. The highest BCUT2D eigenvalue weighted by atomic mass is 32.2. The second-order valence-corrected chi connectivity index (χ2v) is 9.54. The third kappa shape index (κ3) is 4.81. The van der Waals surface area contributed by atoms with E-state index in [-0.39, 0.29) is 6.04 Å². The Labute approximate surface area is 179 Å². The molecule has 0 aromatic heterocycles. The molecular formula is C19H21F7N2S2. The summed E-state index contributed by atoms with van der Waals surface area (Å²) in [6.07, 6.45) is -1.40. The van der Waals surface area contributed by atoms with Crippen molar-refractivity contribution in [3.05, 3.63) is 24.3 Å². The minimum Gasteiger partial charge on any atom is -0.360 e. The molecule has 11 heteroatoms. The van der Waals surface area contributed by atoms with Crippen LogP contribution in [0.2, 0.25) is 0 Å². The largest absolute Gasteiger partial charge is 0.460 e. The maximum Gasteiger partial charge on any atom is 0.460 e. The predicted molar refractivity (Wildman–Crippen MR) is 106 cm³/mol. The van der Waals surface area contributed by atoms with Crippen LogP contribution in [-0.2, 0) is 0 Å². The Kier molecular flexibility index (Phi) is 6.54. The minimum absolute atomic E-state index is 0.165. The lowest BCUT2D eigenvalue weighted by Gasteiger charge is -2.29. The van der Waals surface area contributed by atoms with E-state index in [1.165, 1.54) is 37.8 Å². The normalized spacial score (nSPS) is 25.3. The highest BCUT2D eigenvalue weighted by molar-refractivity contribution is 8.00. The molecule has 1 aromatic rings. The van der Waals surface area contributed by atoms with Crippen molar-refractivity contribution >= 4 is 34.8 Å². The van der Waals surface area contributed by atoms with Gasteiger partial charge in [0.15, 0.2) is 5.11 Å². The molecule has 168 valence electrons. The Morgan fingerprint density at radius 3 is 2.17 bits per heavy atom. The molecule has 30 heavy (non-hydrogen) atoms. The van der Waals surface area contributed by atoms with Crippen molar-refractivity contribution in [3.8, 4) is 0 Å². The summed E-state index contributed by atoms with van der Waals surface area (Å²) < 4.78 is 89.7. The lowest BCUT2D eigenvalue weighted by atomic mass is 9.84. The first-order valence-electron chi connectivity index (χ1n) is 9.49. The van der Waals surface area contributed by atoms with Crippen molar-refractivity contribution < 1.29 is 30.7 Å². The highest BCUT2D eigenvalue weighted by Gasteiger charge is 2.73. The van der Waals surface area contributed by atoms with Gasteiger partial charge in [0, 0.05) is 16.6 Å². The summed E-state index contributed by atoms with van der Waals surface area (Å²) in [5.74, 6) is -4.12. The molecule has 2 fully saturated rings. The predicted octanol–water partition coefficient (Wildman–Crippen LogP) is 6.68. The molecule has 2 saturated carbocycles. The maximum atomic E-state index is 13.5. The zero-order valence-corrected chi connectivity index (χ0v) is 17.5. The van der Waals surface area contributed by atoms with E-state index < -0.39 is 34.0 Å². The monoisotopic (exact) mass is 474 g/mol. The van der Waals surface area contributed by atoms with Crippen LogP contribution in [0.15, 0.2) is 29.2 Å². The smallest absolute Gasteiger partial charge is 0.360 e. The zero-order valence-electron chi connectivity index (χ0n) is 15.9. The van der Waals surface area contributed by atoms with Gasteiger partial charge < -0.3 is 10.6 Å². The molecule has 2 N–H and O–H groups in total. The van der Waals surface area contributed by atoms with Crippen molar-refractivity contribution in [2.45, 2.75) is 60.9 Å². The molecule has 0 radical (unpaired) electrons. The molecular weight excluding hydrogens is 453 g/mol. The molecule has 2 nitrogen and oxygen atoms in total. The van der Waals surface area contributed by atoms with Crippen LogP contribution < -0.4 is 10.6 Å². The van der Waals surface area contributed by atoms with Gasteiger partial charge in [-0.25, -0.2) is 0 Å². The van der Waals surface area contributed by atoms with Crippen LogP contribution in [0.4, 0.5) is 36.4 Å². The van der Waals surface area contributed by atoms with E-state index in [0.717, 1.165) is 18.1 Å². The number of benzene rings is 1. The fraction of sp³-hybridized carbons (Fsp3) is 0.632. The summed E-state index contributed by atoms with van der Waals surface area (Å²) >= 11 is 4.43. The number of alkyl halides is 7. The third-order valence-corrected chi connectivity index (χ3v) is 7.11. The SMILES string of the molecule is C[C@H](NC(=S)Nc1ccc(SC(F)(F)C(F)(F)C(F)(F)F)cc1)[C@H]1C[C@H]2CC[C@H]1C2. The van der Waals surface area contributed by atoms with Gasteiger partial charge in [-0.2, -0.15) is 30.7 Å². The van der Waals surface area contributed by atoms with Gasteiger partial charge in [0.1, 0.15) is 0 Å². The van der Waals surface area contributed by atoms with E-state index in [1.807, 2.05) is 0 Å². The summed E-state index contributed by atoms with van der Waals surface area (Å²) in [4.78, 5) is -0.427. The molecule has 4 atom stereocenters. The zero-order chi connectivity index (χ0) is 22.3. The quantitative estimate of drug-likeness (QED) is 0.273. The second-order valence-electron chi connectivity index (χ2n) is 7.94. The summed E-state index contributed by atoms with van der Waals surface area (Å²) in [5.41, 5.74) is 0.405. The van der Waals surface area contributed by atoms with Crippen LogP contribution >= 0.6 is 24.0 Å². The molecule has 2 aliphatic carbocycles. The molecule has 0 heterocycles. The van der Waals surface area contributed by atoms with Crippen molar-refractivity contribution in [1.29, 1.82) is 0 Å². The van der Waals surface area contributed by atoms with E-state index in [1.54, 1.807) is 0 Å². The number of anilines is 1. The van der Waals surface area contributed by atoms with Crippen LogP contribution in [0.3, 0.4) is 0 Å². The number of hydrogen-bond acceptors (Lipinski definition) is 2. The molecule has 0 spiro atoms. The first-order valence-corrected chi connectivity index (χ1v) is 10.7. The summed E-state index contributed by atoms with van der Waals surface area (Å²) in [7, 11) is 0. The van der Waals surface area contributed by atoms with Gasteiger partial charge in [-0.1, -0.05) is 6.42 Å². The van der Waals surface area contributed by atoms with E-state index in [9.17, 15) is 30.7 Å².